The summed E-state index contributed by atoms with van der Waals surface area (Å²) in [5, 5.41) is 11.8. The SMILES string of the molecule is COc1ccc(NC(=O)N(C)C2CCC2)c(C(=O)O)c1. The molecule has 20 heavy (non-hydrogen) atoms. The van der Waals surface area contributed by atoms with Crippen molar-refractivity contribution in [3.05, 3.63) is 23.8 Å². The van der Waals surface area contributed by atoms with Gasteiger partial charge in [0.1, 0.15) is 5.75 Å². The molecule has 1 aliphatic carbocycles. The number of rotatable bonds is 4. The summed E-state index contributed by atoms with van der Waals surface area (Å²) in [6.45, 7) is 0. The van der Waals surface area contributed by atoms with Crippen LogP contribution < -0.4 is 10.1 Å². The van der Waals surface area contributed by atoms with Crippen LogP contribution in [0.5, 0.6) is 5.75 Å². The van der Waals surface area contributed by atoms with E-state index in [1.165, 1.54) is 19.2 Å². The number of carbonyl (C=O) groups excluding carboxylic acids is 1. The van der Waals surface area contributed by atoms with Gasteiger partial charge in [-0.3, -0.25) is 0 Å². The summed E-state index contributed by atoms with van der Waals surface area (Å²) in [5.74, 6) is -0.668. The molecule has 2 N–H and O–H groups in total. The minimum Gasteiger partial charge on any atom is -0.497 e. The molecule has 0 saturated heterocycles. The maximum Gasteiger partial charge on any atom is 0.337 e. The second kappa shape index (κ2) is 5.81. The molecule has 1 aromatic carbocycles. The zero-order valence-electron chi connectivity index (χ0n) is 11.5. The summed E-state index contributed by atoms with van der Waals surface area (Å²) in [4.78, 5) is 24.9. The number of benzene rings is 1. The molecule has 1 fully saturated rings. The van der Waals surface area contributed by atoms with E-state index in [0.29, 0.717) is 5.75 Å². The Balaban J connectivity index is 2.15. The number of methoxy groups -OCH3 is 1. The van der Waals surface area contributed by atoms with Gasteiger partial charge in [0.15, 0.2) is 0 Å². The lowest BCUT2D eigenvalue weighted by atomic mass is 9.92. The molecule has 2 rings (SSSR count). The molecule has 1 aliphatic rings. The molecule has 6 nitrogen and oxygen atoms in total. The van der Waals surface area contributed by atoms with Crippen LogP contribution in [0.2, 0.25) is 0 Å². The van der Waals surface area contributed by atoms with E-state index in [2.05, 4.69) is 5.32 Å². The standard InChI is InChI=1S/C14H18N2O4/c1-16(9-4-3-5-9)14(19)15-12-7-6-10(20-2)8-11(12)13(17)18/h6-9H,3-5H2,1-2H3,(H,15,19)(H,17,18). The van der Waals surface area contributed by atoms with Gasteiger partial charge in [0.2, 0.25) is 0 Å². The zero-order chi connectivity index (χ0) is 14.7. The minimum atomic E-state index is -1.11. The number of hydrogen-bond donors (Lipinski definition) is 2. The van der Waals surface area contributed by atoms with Gasteiger partial charge >= 0.3 is 12.0 Å². The average Bonchev–Trinajstić information content (AvgIpc) is 2.36. The summed E-state index contributed by atoms with van der Waals surface area (Å²) in [6, 6.07) is 4.51. The molecule has 0 radical (unpaired) electrons. The van der Waals surface area contributed by atoms with Crippen LogP contribution in [0, 0.1) is 0 Å². The molecule has 0 heterocycles. The van der Waals surface area contributed by atoms with E-state index < -0.39 is 5.97 Å². The molecule has 1 saturated carbocycles. The predicted octanol–water partition coefficient (Wildman–Crippen LogP) is 2.41. The van der Waals surface area contributed by atoms with Crippen LogP contribution in [0.4, 0.5) is 10.5 Å². The van der Waals surface area contributed by atoms with E-state index in [-0.39, 0.29) is 23.3 Å². The first-order chi connectivity index (χ1) is 9.52. The molecule has 0 spiro atoms. The van der Waals surface area contributed by atoms with Crippen LogP contribution >= 0.6 is 0 Å². The van der Waals surface area contributed by atoms with Crippen molar-refractivity contribution in [2.45, 2.75) is 25.3 Å². The number of aromatic carboxylic acids is 1. The third kappa shape index (κ3) is 2.84. The number of nitrogens with zero attached hydrogens (tertiary/aromatic N) is 1. The number of carboxylic acids is 1. The normalized spacial score (nSPS) is 14.3. The summed E-state index contributed by atoms with van der Waals surface area (Å²) in [7, 11) is 3.19. The molecule has 108 valence electrons. The predicted molar refractivity (Wildman–Crippen MR) is 74.4 cm³/mol. The van der Waals surface area contributed by atoms with Gasteiger partial charge in [-0.1, -0.05) is 0 Å². The Morgan fingerprint density at radius 3 is 2.60 bits per heavy atom. The minimum absolute atomic E-state index is 0.0136. The highest BCUT2D eigenvalue weighted by atomic mass is 16.5. The molecule has 0 unspecified atom stereocenters. The number of anilines is 1. The lowest BCUT2D eigenvalue weighted by molar-refractivity contribution is 0.0697. The molecule has 0 atom stereocenters. The van der Waals surface area contributed by atoms with Gasteiger partial charge in [0, 0.05) is 13.1 Å². The van der Waals surface area contributed by atoms with Crippen LogP contribution in [0.1, 0.15) is 29.6 Å². The van der Waals surface area contributed by atoms with Crippen LogP contribution in [0.25, 0.3) is 0 Å². The fourth-order valence-corrected chi connectivity index (χ4v) is 2.08. The first-order valence-electron chi connectivity index (χ1n) is 6.48. The van der Waals surface area contributed by atoms with Crippen molar-refractivity contribution in [3.63, 3.8) is 0 Å². The first-order valence-corrected chi connectivity index (χ1v) is 6.48. The molecular formula is C14H18N2O4. The van der Waals surface area contributed by atoms with E-state index in [1.807, 2.05) is 0 Å². The van der Waals surface area contributed by atoms with Crippen molar-refractivity contribution in [1.82, 2.24) is 4.90 Å². The highest BCUT2D eigenvalue weighted by Gasteiger charge is 2.26. The fraction of sp³-hybridized carbons (Fsp3) is 0.429. The average molecular weight is 278 g/mol. The number of carbonyl (C=O) groups is 2. The van der Waals surface area contributed by atoms with Crippen LogP contribution in [0.3, 0.4) is 0 Å². The number of amides is 2. The summed E-state index contributed by atoms with van der Waals surface area (Å²) >= 11 is 0. The maximum atomic E-state index is 12.1. The Kier molecular flexibility index (Phi) is 4.12. The van der Waals surface area contributed by atoms with Gasteiger partial charge in [-0.15, -0.1) is 0 Å². The van der Waals surface area contributed by atoms with E-state index >= 15 is 0 Å². The molecule has 6 heteroatoms. The third-order valence-corrected chi connectivity index (χ3v) is 3.64. The third-order valence-electron chi connectivity index (χ3n) is 3.64. The van der Waals surface area contributed by atoms with Gasteiger partial charge in [-0.05, 0) is 37.5 Å². The van der Waals surface area contributed by atoms with Crippen molar-refractivity contribution < 1.29 is 19.4 Å². The maximum absolute atomic E-state index is 12.1. The summed E-state index contributed by atoms with van der Waals surface area (Å²) in [6.07, 6.45) is 3.13. The molecule has 1 aromatic rings. The number of urea groups is 1. The highest BCUT2D eigenvalue weighted by molar-refractivity contribution is 6.00. The zero-order valence-corrected chi connectivity index (χ0v) is 11.5. The Labute approximate surface area is 117 Å². The van der Waals surface area contributed by atoms with E-state index in [9.17, 15) is 14.7 Å². The second-order valence-corrected chi connectivity index (χ2v) is 4.84. The summed E-state index contributed by atoms with van der Waals surface area (Å²) < 4.78 is 4.99. The van der Waals surface area contributed by atoms with Gasteiger partial charge in [-0.25, -0.2) is 9.59 Å². The van der Waals surface area contributed by atoms with Crippen molar-refractivity contribution >= 4 is 17.7 Å². The number of hydrogen-bond acceptors (Lipinski definition) is 3. The van der Waals surface area contributed by atoms with Gasteiger partial charge in [-0.2, -0.15) is 0 Å². The number of nitrogens with one attached hydrogen (secondary N) is 1. The highest BCUT2D eigenvalue weighted by Crippen LogP contribution is 2.26. The van der Waals surface area contributed by atoms with E-state index in [0.717, 1.165) is 19.3 Å². The smallest absolute Gasteiger partial charge is 0.337 e. The lowest BCUT2D eigenvalue weighted by Crippen LogP contribution is -2.43. The molecule has 2 amide bonds. The van der Waals surface area contributed by atoms with E-state index in [1.54, 1.807) is 18.0 Å². The van der Waals surface area contributed by atoms with Gasteiger partial charge in [0.05, 0.1) is 18.4 Å². The van der Waals surface area contributed by atoms with Crippen molar-refractivity contribution in [1.29, 1.82) is 0 Å². The van der Waals surface area contributed by atoms with E-state index in [4.69, 9.17) is 4.74 Å². The molecule has 0 aliphatic heterocycles. The fourth-order valence-electron chi connectivity index (χ4n) is 2.08. The topological polar surface area (TPSA) is 78.9 Å². The van der Waals surface area contributed by atoms with Crippen molar-refractivity contribution in [2.24, 2.45) is 0 Å². The molecule has 0 aromatic heterocycles. The first kappa shape index (κ1) is 14.2. The van der Waals surface area contributed by atoms with Crippen molar-refractivity contribution in [3.8, 4) is 5.75 Å². The number of ether oxygens (including phenoxy) is 1. The Morgan fingerprint density at radius 2 is 2.10 bits per heavy atom. The van der Waals surface area contributed by atoms with Crippen molar-refractivity contribution in [2.75, 3.05) is 19.5 Å². The largest absolute Gasteiger partial charge is 0.497 e. The monoisotopic (exact) mass is 278 g/mol. The summed E-state index contributed by atoms with van der Waals surface area (Å²) in [5.41, 5.74) is 0.286. The molecular weight excluding hydrogens is 260 g/mol. The van der Waals surface area contributed by atoms with Crippen LogP contribution in [-0.4, -0.2) is 42.2 Å². The second-order valence-electron chi connectivity index (χ2n) is 4.84. The molecule has 0 bridgehead atoms. The van der Waals surface area contributed by atoms with Crippen LogP contribution in [0.15, 0.2) is 18.2 Å². The number of carboxylic acid groups (broad SMARTS) is 1. The quantitative estimate of drug-likeness (QED) is 0.886. The lowest BCUT2D eigenvalue weighted by Gasteiger charge is -2.34. The Bertz CT molecular complexity index is 526. The van der Waals surface area contributed by atoms with Gasteiger partial charge in [0.25, 0.3) is 0 Å². The van der Waals surface area contributed by atoms with Crippen LogP contribution in [-0.2, 0) is 0 Å². The Hall–Kier alpha value is -2.24. The Morgan fingerprint density at radius 1 is 1.40 bits per heavy atom. The van der Waals surface area contributed by atoms with Gasteiger partial charge < -0.3 is 20.1 Å².